The largest absolute Gasteiger partial charge is 0.507 e. The smallest absolute Gasteiger partial charge is 0.337 e. The van der Waals surface area contributed by atoms with E-state index in [4.69, 9.17) is 9.47 Å². The van der Waals surface area contributed by atoms with E-state index in [1.54, 1.807) is 36.4 Å². The molecule has 1 amide bonds. The number of Topliss-reactive ketones (excluding diaryl/α,β-unsaturated/α-hetero) is 1. The van der Waals surface area contributed by atoms with Crippen LogP contribution in [0, 0.1) is 5.92 Å². The minimum Gasteiger partial charge on any atom is -0.507 e. The first-order valence-electron chi connectivity index (χ1n) is 12.6. The predicted octanol–water partition coefficient (Wildman–Crippen LogP) is 5.70. The van der Waals surface area contributed by atoms with E-state index in [1.165, 1.54) is 24.1 Å². The summed E-state index contributed by atoms with van der Waals surface area (Å²) in [4.78, 5) is 40.1. The Morgan fingerprint density at radius 1 is 0.974 bits per heavy atom. The molecule has 1 saturated heterocycles. The number of methoxy groups -OCH3 is 1. The second kappa shape index (κ2) is 11.3. The Bertz CT molecular complexity index is 1370. The number of ether oxygens (including phenoxy) is 2. The second-order valence-electron chi connectivity index (χ2n) is 9.54. The van der Waals surface area contributed by atoms with Gasteiger partial charge in [-0.2, -0.15) is 0 Å². The number of carbonyl (C=O) groups excluding carboxylic acids is 3. The summed E-state index contributed by atoms with van der Waals surface area (Å²) in [6, 6.07) is 19.8. The first-order valence-corrected chi connectivity index (χ1v) is 12.6. The van der Waals surface area contributed by atoms with E-state index in [1.807, 2.05) is 45.0 Å². The molecule has 0 aromatic heterocycles. The van der Waals surface area contributed by atoms with Crippen LogP contribution in [0.1, 0.15) is 53.9 Å². The molecule has 1 unspecified atom stereocenters. The van der Waals surface area contributed by atoms with Gasteiger partial charge in [0.05, 0.1) is 30.9 Å². The number of aryl methyl sites for hydroxylation is 1. The van der Waals surface area contributed by atoms with Gasteiger partial charge < -0.3 is 14.6 Å². The molecule has 3 aromatic carbocycles. The fourth-order valence-corrected chi connectivity index (χ4v) is 4.38. The quantitative estimate of drug-likeness (QED) is 0.180. The zero-order valence-corrected chi connectivity index (χ0v) is 21.9. The van der Waals surface area contributed by atoms with Gasteiger partial charge in [-0.15, -0.1) is 0 Å². The van der Waals surface area contributed by atoms with Crippen LogP contribution >= 0.6 is 0 Å². The molecular formula is C31H31NO6. The lowest BCUT2D eigenvalue weighted by molar-refractivity contribution is -0.132. The van der Waals surface area contributed by atoms with Crippen molar-refractivity contribution < 1.29 is 29.0 Å². The number of ketones is 1. The third-order valence-electron chi connectivity index (χ3n) is 6.41. The molecule has 4 rings (SSSR count). The van der Waals surface area contributed by atoms with E-state index in [0.717, 1.165) is 12.0 Å². The molecule has 0 spiro atoms. The Morgan fingerprint density at radius 2 is 1.66 bits per heavy atom. The van der Waals surface area contributed by atoms with Crippen LogP contribution in [-0.4, -0.2) is 36.5 Å². The Labute approximate surface area is 222 Å². The molecule has 0 radical (unpaired) electrons. The van der Waals surface area contributed by atoms with E-state index in [-0.39, 0.29) is 11.3 Å². The molecule has 0 saturated carbocycles. The molecule has 7 heteroatoms. The van der Waals surface area contributed by atoms with Gasteiger partial charge in [0.25, 0.3) is 11.7 Å². The molecule has 0 bridgehead atoms. The van der Waals surface area contributed by atoms with Gasteiger partial charge in [-0.25, -0.2) is 4.79 Å². The summed E-state index contributed by atoms with van der Waals surface area (Å²) in [7, 11) is 1.29. The SMILES string of the molecule is CCc1ccc(C2/C(=C(\O)c3cccc(OCC(C)C)c3)C(=O)C(=O)N2c2ccc(C(=O)OC)cc2)cc1. The van der Waals surface area contributed by atoms with Crippen molar-refractivity contribution in [3.8, 4) is 5.75 Å². The van der Waals surface area contributed by atoms with Crippen LogP contribution in [0.3, 0.4) is 0 Å². The highest BCUT2D eigenvalue weighted by atomic mass is 16.5. The Kier molecular flexibility index (Phi) is 7.96. The summed E-state index contributed by atoms with van der Waals surface area (Å²) in [5.41, 5.74) is 2.86. The van der Waals surface area contributed by atoms with Gasteiger partial charge in [0.15, 0.2) is 0 Å². The number of benzene rings is 3. The topological polar surface area (TPSA) is 93.1 Å². The van der Waals surface area contributed by atoms with Crippen LogP contribution in [0.5, 0.6) is 5.75 Å². The average molecular weight is 514 g/mol. The van der Waals surface area contributed by atoms with Crippen LogP contribution in [0.15, 0.2) is 78.4 Å². The number of nitrogens with zero attached hydrogens (tertiary/aromatic N) is 1. The average Bonchev–Trinajstić information content (AvgIpc) is 3.21. The van der Waals surface area contributed by atoms with Crippen LogP contribution in [0.4, 0.5) is 5.69 Å². The molecule has 196 valence electrons. The number of aliphatic hydroxyl groups excluding tert-OH is 1. The standard InChI is InChI=1S/C31H31NO6/c1-5-20-9-11-21(12-10-20)27-26(28(33)23-7-6-8-25(17-23)38-18-19(2)3)29(34)30(35)32(27)24-15-13-22(14-16-24)31(36)37-4/h6-17,19,27,33H,5,18H2,1-4H3/b28-26+. The molecule has 1 fully saturated rings. The van der Waals surface area contributed by atoms with Crippen molar-refractivity contribution in [3.63, 3.8) is 0 Å². The summed E-state index contributed by atoms with van der Waals surface area (Å²) in [5.74, 6) is -1.48. The number of amides is 1. The van der Waals surface area contributed by atoms with Crippen molar-refractivity contribution in [2.75, 3.05) is 18.6 Å². The maximum atomic E-state index is 13.4. The van der Waals surface area contributed by atoms with Gasteiger partial charge in [-0.1, -0.05) is 57.2 Å². The summed E-state index contributed by atoms with van der Waals surface area (Å²) < 4.78 is 10.6. The molecule has 1 aliphatic heterocycles. The third-order valence-corrected chi connectivity index (χ3v) is 6.41. The zero-order chi connectivity index (χ0) is 27.4. The number of hydrogen-bond donors (Lipinski definition) is 1. The number of aliphatic hydroxyl groups is 1. The summed E-state index contributed by atoms with van der Waals surface area (Å²) in [5, 5.41) is 11.4. The van der Waals surface area contributed by atoms with Crippen LogP contribution in [0.2, 0.25) is 0 Å². The van der Waals surface area contributed by atoms with E-state index >= 15 is 0 Å². The van der Waals surface area contributed by atoms with Crippen molar-refractivity contribution in [1.29, 1.82) is 0 Å². The van der Waals surface area contributed by atoms with Crippen LogP contribution in [0.25, 0.3) is 5.76 Å². The van der Waals surface area contributed by atoms with Gasteiger partial charge in [0, 0.05) is 11.3 Å². The highest BCUT2D eigenvalue weighted by Gasteiger charge is 2.47. The number of hydrogen-bond acceptors (Lipinski definition) is 6. The lowest BCUT2D eigenvalue weighted by Gasteiger charge is -2.25. The minimum atomic E-state index is -0.870. The normalized spacial score (nSPS) is 16.7. The zero-order valence-electron chi connectivity index (χ0n) is 21.9. The van der Waals surface area contributed by atoms with Crippen molar-refractivity contribution in [2.45, 2.75) is 33.2 Å². The number of anilines is 1. The van der Waals surface area contributed by atoms with Crippen molar-refractivity contribution in [1.82, 2.24) is 0 Å². The van der Waals surface area contributed by atoms with E-state index in [0.29, 0.717) is 40.7 Å². The highest BCUT2D eigenvalue weighted by Crippen LogP contribution is 2.42. The number of rotatable bonds is 8. The maximum absolute atomic E-state index is 13.4. The van der Waals surface area contributed by atoms with Gasteiger partial charge >= 0.3 is 5.97 Å². The Balaban J connectivity index is 1.84. The Hall–Kier alpha value is -4.39. The summed E-state index contributed by atoms with van der Waals surface area (Å²) >= 11 is 0. The summed E-state index contributed by atoms with van der Waals surface area (Å²) in [6.07, 6.45) is 0.832. The maximum Gasteiger partial charge on any atom is 0.337 e. The summed E-state index contributed by atoms with van der Waals surface area (Å²) in [6.45, 7) is 6.61. The lowest BCUT2D eigenvalue weighted by atomic mass is 9.94. The number of esters is 1. The van der Waals surface area contributed by atoms with E-state index < -0.39 is 23.7 Å². The van der Waals surface area contributed by atoms with Crippen LogP contribution in [-0.2, 0) is 20.7 Å². The van der Waals surface area contributed by atoms with Crippen LogP contribution < -0.4 is 9.64 Å². The van der Waals surface area contributed by atoms with Gasteiger partial charge in [0.2, 0.25) is 0 Å². The fraction of sp³-hybridized carbons (Fsp3) is 0.258. The highest BCUT2D eigenvalue weighted by molar-refractivity contribution is 6.51. The molecule has 1 N–H and O–H groups in total. The van der Waals surface area contributed by atoms with Crippen molar-refractivity contribution >= 4 is 29.1 Å². The molecular weight excluding hydrogens is 482 g/mol. The van der Waals surface area contributed by atoms with Gasteiger partial charge in [-0.05, 0) is 59.9 Å². The van der Waals surface area contributed by atoms with E-state index in [2.05, 4.69) is 0 Å². The molecule has 7 nitrogen and oxygen atoms in total. The predicted molar refractivity (Wildman–Crippen MR) is 145 cm³/mol. The minimum absolute atomic E-state index is 0.0164. The number of carbonyl (C=O) groups is 3. The first kappa shape index (κ1) is 26.7. The Morgan fingerprint density at radius 3 is 2.26 bits per heavy atom. The molecule has 1 heterocycles. The molecule has 0 aliphatic carbocycles. The third kappa shape index (κ3) is 5.32. The van der Waals surface area contributed by atoms with Gasteiger partial charge in [0.1, 0.15) is 11.5 Å². The monoisotopic (exact) mass is 513 g/mol. The second-order valence-corrected chi connectivity index (χ2v) is 9.54. The molecule has 1 aliphatic rings. The van der Waals surface area contributed by atoms with E-state index in [9.17, 15) is 19.5 Å². The first-order chi connectivity index (χ1) is 18.2. The fourth-order valence-electron chi connectivity index (χ4n) is 4.38. The van der Waals surface area contributed by atoms with Crippen molar-refractivity contribution in [2.24, 2.45) is 5.92 Å². The molecule has 38 heavy (non-hydrogen) atoms. The molecule has 1 atom stereocenters. The molecule has 3 aromatic rings. The lowest BCUT2D eigenvalue weighted by Crippen LogP contribution is -2.29. The van der Waals surface area contributed by atoms with Gasteiger partial charge in [-0.3, -0.25) is 14.5 Å². The van der Waals surface area contributed by atoms with Crippen molar-refractivity contribution in [3.05, 3.63) is 101 Å².